The van der Waals surface area contributed by atoms with Gasteiger partial charge in [-0.25, -0.2) is 8.70 Å². The normalized spacial score (nSPS) is 12.5. The Hall–Kier alpha value is -2.98. The number of rotatable bonds is 12. The molecule has 0 spiro atoms. The molecule has 0 aliphatic heterocycles. The number of amides is 2. The minimum atomic E-state index is -4.09. The van der Waals surface area contributed by atoms with E-state index in [4.69, 9.17) is 0 Å². The highest BCUT2D eigenvalue weighted by Gasteiger charge is 2.34. The summed E-state index contributed by atoms with van der Waals surface area (Å²) in [6.07, 6.45) is 0.346. The quantitative estimate of drug-likeness (QED) is 0.465. The Labute approximate surface area is 214 Å². The Morgan fingerprint density at radius 1 is 1.03 bits per heavy atom. The molecule has 0 aliphatic rings. The van der Waals surface area contributed by atoms with Gasteiger partial charge in [0.2, 0.25) is 11.8 Å². The molecular formula is C26H37FN4O4S. The third kappa shape index (κ3) is 7.51. The van der Waals surface area contributed by atoms with Gasteiger partial charge in [-0.3, -0.25) is 9.59 Å². The van der Waals surface area contributed by atoms with Gasteiger partial charge in [-0.05, 0) is 54.7 Å². The van der Waals surface area contributed by atoms with Crippen molar-refractivity contribution in [1.82, 2.24) is 14.5 Å². The number of benzene rings is 2. The lowest BCUT2D eigenvalue weighted by Gasteiger charge is -2.34. The lowest BCUT2D eigenvalue weighted by atomic mass is 10.1. The molecule has 0 aromatic heterocycles. The second kappa shape index (κ2) is 12.8. The molecule has 0 heterocycles. The van der Waals surface area contributed by atoms with Gasteiger partial charge >= 0.3 is 10.2 Å². The summed E-state index contributed by atoms with van der Waals surface area (Å²) in [7, 11) is -1.38. The van der Waals surface area contributed by atoms with Gasteiger partial charge in [0.05, 0.1) is 5.69 Å². The maximum Gasteiger partial charge on any atom is 0.304 e. The minimum absolute atomic E-state index is 0.137. The Morgan fingerprint density at radius 3 is 2.17 bits per heavy atom. The average molecular weight is 521 g/mol. The molecule has 10 heteroatoms. The summed E-state index contributed by atoms with van der Waals surface area (Å²) in [5, 5.41) is 2.89. The third-order valence-corrected chi connectivity index (χ3v) is 7.63. The van der Waals surface area contributed by atoms with Crippen LogP contribution in [0.15, 0.2) is 48.5 Å². The predicted octanol–water partition coefficient (Wildman–Crippen LogP) is 3.33. The summed E-state index contributed by atoms with van der Waals surface area (Å²) in [5.74, 6) is -1.14. The number of hydrogen-bond acceptors (Lipinski definition) is 4. The van der Waals surface area contributed by atoms with Gasteiger partial charge in [0.25, 0.3) is 0 Å². The van der Waals surface area contributed by atoms with Crippen LogP contribution in [0.3, 0.4) is 0 Å². The molecule has 0 fully saturated rings. The van der Waals surface area contributed by atoms with Crippen molar-refractivity contribution in [3.8, 4) is 0 Å². The monoisotopic (exact) mass is 520 g/mol. The minimum Gasteiger partial charge on any atom is -0.354 e. The molecule has 8 nitrogen and oxygen atoms in total. The van der Waals surface area contributed by atoms with Crippen molar-refractivity contribution in [2.75, 3.05) is 31.5 Å². The van der Waals surface area contributed by atoms with Crippen LogP contribution >= 0.6 is 0 Å². The molecule has 2 aromatic rings. The molecule has 0 radical (unpaired) electrons. The first-order valence-corrected chi connectivity index (χ1v) is 13.4. The molecule has 0 aliphatic carbocycles. The van der Waals surface area contributed by atoms with Gasteiger partial charge in [0, 0.05) is 27.2 Å². The standard InChI is InChI=1S/C26H37FN4O4S/c1-7-24(26(33)28-16-19(2)3)30(17-21-11-9-8-10-20(21)4)25(32)18-31(36(34,35)29(5)6)23-14-12-22(27)13-15-23/h8-15,19,24H,7,16-18H2,1-6H3,(H,28,33). The van der Waals surface area contributed by atoms with Crippen LogP contribution in [0, 0.1) is 18.7 Å². The molecule has 0 saturated carbocycles. The molecule has 36 heavy (non-hydrogen) atoms. The highest BCUT2D eigenvalue weighted by Crippen LogP contribution is 2.22. The van der Waals surface area contributed by atoms with Crippen molar-refractivity contribution in [3.63, 3.8) is 0 Å². The van der Waals surface area contributed by atoms with E-state index in [0.29, 0.717) is 13.0 Å². The number of nitrogens with zero attached hydrogens (tertiary/aromatic N) is 3. The van der Waals surface area contributed by atoms with E-state index in [9.17, 15) is 22.4 Å². The largest absolute Gasteiger partial charge is 0.354 e. The zero-order valence-corrected chi connectivity index (χ0v) is 22.7. The molecular weight excluding hydrogens is 483 g/mol. The Kier molecular flexibility index (Phi) is 10.4. The number of anilines is 1. The second-order valence-electron chi connectivity index (χ2n) is 9.28. The zero-order valence-electron chi connectivity index (χ0n) is 21.9. The maximum absolute atomic E-state index is 13.8. The van der Waals surface area contributed by atoms with Crippen molar-refractivity contribution in [2.24, 2.45) is 5.92 Å². The summed E-state index contributed by atoms with van der Waals surface area (Å²) in [5.41, 5.74) is 1.94. The average Bonchev–Trinajstić information content (AvgIpc) is 2.82. The van der Waals surface area contributed by atoms with Gasteiger partial charge in [-0.1, -0.05) is 45.0 Å². The van der Waals surface area contributed by atoms with Gasteiger partial charge in [0.15, 0.2) is 0 Å². The molecule has 2 amide bonds. The topological polar surface area (TPSA) is 90.0 Å². The van der Waals surface area contributed by atoms with E-state index in [-0.39, 0.29) is 24.1 Å². The number of nitrogens with one attached hydrogen (secondary N) is 1. The fourth-order valence-electron chi connectivity index (χ4n) is 3.64. The van der Waals surface area contributed by atoms with Crippen LogP contribution in [-0.4, -0.2) is 62.7 Å². The third-order valence-electron chi connectivity index (χ3n) is 5.81. The summed E-state index contributed by atoms with van der Waals surface area (Å²) in [4.78, 5) is 28.3. The van der Waals surface area contributed by atoms with E-state index in [1.807, 2.05) is 52.0 Å². The van der Waals surface area contributed by atoms with Gasteiger partial charge in [0.1, 0.15) is 18.4 Å². The number of carbonyl (C=O) groups is 2. The smallest absolute Gasteiger partial charge is 0.304 e. The molecule has 2 aromatic carbocycles. The summed E-state index contributed by atoms with van der Waals surface area (Å²) in [6.45, 7) is 7.72. The lowest BCUT2D eigenvalue weighted by molar-refractivity contribution is -0.140. The Balaban J connectivity index is 2.49. The lowest BCUT2D eigenvalue weighted by Crippen LogP contribution is -2.53. The van der Waals surface area contributed by atoms with Crippen molar-refractivity contribution in [3.05, 3.63) is 65.5 Å². The maximum atomic E-state index is 13.8. The van der Waals surface area contributed by atoms with E-state index in [1.165, 1.54) is 31.1 Å². The highest BCUT2D eigenvalue weighted by molar-refractivity contribution is 7.90. The summed E-state index contributed by atoms with van der Waals surface area (Å²) in [6, 6.07) is 11.6. The van der Waals surface area contributed by atoms with E-state index in [2.05, 4.69) is 5.32 Å². The zero-order chi connectivity index (χ0) is 27.0. The molecule has 0 bridgehead atoms. The van der Waals surface area contributed by atoms with Crippen LogP contribution in [0.2, 0.25) is 0 Å². The Morgan fingerprint density at radius 2 is 1.64 bits per heavy atom. The van der Waals surface area contributed by atoms with Crippen molar-refractivity contribution < 1.29 is 22.4 Å². The van der Waals surface area contributed by atoms with Crippen molar-refractivity contribution in [1.29, 1.82) is 0 Å². The molecule has 198 valence electrons. The van der Waals surface area contributed by atoms with Crippen molar-refractivity contribution in [2.45, 2.75) is 46.7 Å². The Bertz CT molecular complexity index is 1140. The van der Waals surface area contributed by atoms with E-state index >= 15 is 0 Å². The van der Waals surface area contributed by atoms with Crippen molar-refractivity contribution >= 4 is 27.7 Å². The van der Waals surface area contributed by atoms with Crippen LogP contribution in [0.4, 0.5) is 10.1 Å². The summed E-state index contributed by atoms with van der Waals surface area (Å²) < 4.78 is 41.8. The number of halogens is 1. The fourth-order valence-corrected chi connectivity index (χ4v) is 4.69. The highest BCUT2D eigenvalue weighted by atomic mass is 32.2. The predicted molar refractivity (Wildman–Crippen MR) is 140 cm³/mol. The first-order chi connectivity index (χ1) is 16.9. The molecule has 2 rings (SSSR count). The van der Waals surface area contributed by atoms with Gasteiger partial charge < -0.3 is 10.2 Å². The van der Waals surface area contributed by atoms with Crippen LogP contribution in [-0.2, 0) is 26.3 Å². The van der Waals surface area contributed by atoms with Gasteiger partial charge in [-0.15, -0.1) is 0 Å². The van der Waals surface area contributed by atoms with Crippen LogP contribution in [0.5, 0.6) is 0 Å². The molecule has 1 unspecified atom stereocenters. The number of aryl methyl sites for hydroxylation is 1. The first kappa shape index (κ1) is 29.3. The second-order valence-corrected chi connectivity index (χ2v) is 11.4. The van der Waals surface area contributed by atoms with E-state index in [0.717, 1.165) is 31.9 Å². The van der Waals surface area contributed by atoms with Crippen LogP contribution < -0.4 is 9.62 Å². The number of carbonyl (C=O) groups excluding carboxylic acids is 2. The van der Waals surface area contributed by atoms with Crippen LogP contribution in [0.1, 0.15) is 38.3 Å². The van der Waals surface area contributed by atoms with Gasteiger partial charge in [-0.2, -0.15) is 12.7 Å². The van der Waals surface area contributed by atoms with E-state index in [1.54, 1.807) is 0 Å². The van der Waals surface area contributed by atoms with E-state index < -0.39 is 34.5 Å². The first-order valence-electron chi connectivity index (χ1n) is 12.0. The molecule has 0 saturated heterocycles. The SMILES string of the molecule is CCC(C(=O)NCC(C)C)N(Cc1ccccc1C)C(=O)CN(c1ccc(F)cc1)S(=O)(=O)N(C)C. The molecule has 1 N–H and O–H groups in total. The molecule has 1 atom stereocenters. The number of hydrogen-bond donors (Lipinski definition) is 1. The summed E-state index contributed by atoms with van der Waals surface area (Å²) >= 11 is 0. The fraction of sp³-hybridized carbons (Fsp3) is 0.462. The van der Waals surface area contributed by atoms with Crippen LogP contribution in [0.25, 0.3) is 0 Å².